The van der Waals surface area contributed by atoms with Crippen molar-refractivity contribution in [3.63, 3.8) is 0 Å². The Bertz CT molecular complexity index is 1580. The highest BCUT2D eigenvalue weighted by Gasteiger charge is 2.21. The fourth-order valence-electron chi connectivity index (χ4n) is 3.58. The average Bonchev–Trinajstić information content (AvgIpc) is 3.39. The van der Waals surface area contributed by atoms with Gasteiger partial charge >= 0.3 is 0 Å². The maximum atomic E-state index is 10.1. The van der Waals surface area contributed by atoms with Gasteiger partial charge in [0.25, 0.3) is 0 Å². The van der Waals surface area contributed by atoms with Crippen LogP contribution in [0.25, 0.3) is 11.1 Å². The van der Waals surface area contributed by atoms with Gasteiger partial charge in [0.1, 0.15) is 40.9 Å². The number of anilines is 3. The number of pyridine rings is 1. The van der Waals surface area contributed by atoms with E-state index in [-0.39, 0.29) is 16.9 Å². The van der Waals surface area contributed by atoms with Gasteiger partial charge in [-0.3, -0.25) is 0 Å². The summed E-state index contributed by atoms with van der Waals surface area (Å²) in [6, 6.07) is 20.8. The summed E-state index contributed by atoms with van der Waals surface area (Å²) in [7, 11) is 3.95. The molecule has 3 N–H and O–H groups in total. The van der Waals surface area contributed by atoms with Crippen LogP contribution >= 0.6 is 23.1 Å². The summed E-state index contributed by atoms with van der Waals surface area (Å²) in [4.78, 5) is 11.0. The highest BCUT2D eigenvalue weighted by atomic mass is 32.2. The molecule has 0 radical (unpaired) electrons. The van der Waals surface area contributed by atoms with E-state index in [1.807, 2.05) is 60.8 Å². The van der Waals surface area contributed by atoms with Gasteiger partial charge in [0, 0.05) is 28.9 Å². The maximum absolute atomic E-state index is 10.1. The second-order valence-electron chi connectivity index (χ2n) is 8.57. The van der Waals surface area contributed by atoms with Crippen LogP contribution in [-0.4, -0.2) is 42.1 Å². The topological polar surface area (TPSA) is 148 Å². The Hall–Kier alpha value is -4.60. The second kappa shape index (κ2) is 12.8. The van der Waals surface area contributed by atoms with Crippen molar-refractivity contribution in [2.24, 2.45) is 0 Å². The van der Waals surface area contributed by atoms with E-state index in [0.717, 1.165) is 17.9 Å². The summed E-state index contributed by atoms with van der Waals surface area (Å²) in [6.07, 6.45) is 0. The zero-order chi connectivity index (χ0) is 27.8. The number of hydrogen-bond donors (Lipinski definition) is 2. The number of nitrogen functional groups attached to an aromatic ring is 1. The third kappa shape index (κ3) is 6.84. The SMILES string of the molecule is CN(C)CCOc1ccc(-c2c(C#N)c(N)nc(SCc3csc(Nc4ccc(C#N)cc4)n3)c2C#N)cc1. The lowest BCUT2D eigenvalue weighted by atomic mass is 9.97. The molecule has 11 heteroatoms. The van der Waals surface area contributed by atoms with Crippen molar-refractivity contribution in [2.45, 2.75) is 10.8 Å². The van der Waals surface area contributed by atoms with Crippen LogP contribution in [0.15, 0.2) is 58.9 Å². The molecule has 0 aliphatic rings. The molecule has 0 atom stereocenters. The molecule has 4 rings (SSSR count). The number of nitrogens with two attached hydrogens (primary N) is 1. The molecule has 0 aliphatic heterocycles. The quantitative estimate of drug-likeness (QED) is 0.246. The number of thiazole rings is 1. The minimum Gasteiger partial charge on any atom is -0.492 e. The van der Waals surface area contributed by atoms with Gasteiger partial charge in [0.2, 0.25) is 0 Å². The molecular weight excluding hydrogens is 528 g/mol. The van der Waals surface area contributed by atoms with Crippen LogP contribution in [0.1, 0.15) is 22.4 Å². The van der Waals surface area contributed by atoms with Crippen LogP contribution in [0.3, 0.4) is 0 Å². The normalized spacial score (nSPS) is 10.5. The zero-order valence-corrected chi connectivity index (χ0v) is 22.9. The summed E-state index contributed by atoms with van der Waals surface area (Å²) < 4.78 is 5.77. The van der Waals surface area contributed by atoms with E-state index in [1.54, 1.807) is 12.1 Å². The molecule has 2 heterocycles. The van der Waals surface area contributed by atoms with Gasteiger partial charge < -0.3 is 20.7 Å². The first kappa shape index (κ1) is 27.4. The van der Waals surface area contributed by atoms with Gasteiger partial charge in [-0.1, -0.05) is 23.9 Å². The van der Waals surface area contributed by atoms with E-state index in [0.29, 0.717) is 45.0 Å². The Kier molecular flexibility index (Phi) is 8.98. The van der Waals surface area contributed by atoms with Crippen LogP contribution in [0.2, 0.25) is 0 Å². The molecule has 0 fully saturated rings. The Morgan fingerprint density at radius 3 is 2.33 bits per heavy atom. The Morgan fingerprint density at radius 1 is 0.974 bits per heavy atom. The molecule has 0 aliphatic carbocycles. The Morgan fingerprint density at radius 2 is 1.69 bits per heavy atom. The Balaban J connectivity index is 1.53. The summed E-state index contributed by atoms with van der Waals surface area (Å²) in [5.41, 5.74) is 9.98. The van der Waals surface area contributed by atoms with Crippen LogP contribution in [0.5, 0.6) is 5.75 Å². The van der Waals surface area contributed by atoms with Gasteiger partial charge in [-0.05, 0) is 56.1 Å². The highest BCUT2D eigenvalue weighted by molar-refractivity contribution is 7.98. The third-order valence-corrected chi connectivity index (χ3v) is 7.36. The number of nitrogens with one attached hydrogen (secondary N) is 1. The monoisotopic (exact) mass is 552 g/mol. The van der Waals surface area contributed by atoms with E-state index in [2.05, 4.69) is 33.5 Å². The molecule has 2 aromatic carbocycles. The minimum absolute atomic E-state index is 0.0711. The van der Waals surface area contributed by atoms with E-state index in [4.69, 9.17) is 15.7 Å². The lowest BCUT2D eigenvalue weighted by Gasteiger charge is -2.14. The van der Waals surface area contributed by atoms with Crippen molar-refractivity contribution in [1.29, 1.82) is 15.8 Å². The number of nitriles is 3. The number of rotatable bonds is 10. The third-order valence-electron chi connectivity index (χ3n) is 5.54. The fourth-order valence-corrected chi connectivity index (χ4v) is 5.30. The number of hydrogen-bond acceptors (Lipinski definition) is 11. The fraction of sp³-hybridized carbons (Fsp3) is 0.179. The summed E-state index contributed by atoms with van der Waals surface area (Å²) in [6.45, 7) is 1.33. The van der Waals surface area contributed by atoms with Gasteiger partial charge in [-0.2, -0.15) is 15.8 Å². The standard InChI is InChI=1S/C28H24N8OS2/c1-36(2)11-12-37-22-9-5-19(6-10-22)25-23(14-30)26(32)35-27(24(25)15-31)38-16-21-17-39-28(34-21)33-20-7-3-18(13-29)4-8-20/h3-10,17H,11-12,16H2,1-2H3,(H2,32,35)(H,33,34). The van der Waals surface area contributed by atoms with Crippen LogP contribution in [-0.2, 0) is 5.75 Å². The molecule has 194 valence electrons. The Labute approximate surface area is 235 Å². The van der Waals surface area contributed by atoms with Crippen molar-refractivity contribution < 1.29 is 4.74 Å². The molecule has 4 aromatic rings. The number of nitrogens with zero attached hydrogens (tertiary/aromatic N) is 6. The van der Waals surface area contributed by atoms with Gasteiger partial charge in [-0.25, -0.2) is 9.97 Å². The zero-order valence-electron chi connectivity index (χ0n) is 21.3. The van der Waals surface area contributed by atoms with Crippen molar-refractivity contribution >= 4 is 39.7 Å². The van der Waals surface area contributed by atoms with Crippen molar-refractivity contribution in [3.05, 3.63) is 76.3 Å². The highest BCUT2D eigenvalue weighted by Crippen LogP contribution is 2.37. The van der Waals surface area contributed by atoms with Gasteiger partial charge in [0.05, 0.1) is 22.9 Å². The molecule has 0 bridgehead atoms. The van der Waals surface area contributed by atoms with E-state index >= 15 is 0 Å². The maximum Gasteiger partial charge on any atom is 0.187 e. The lowest BCUT2D eigenvalue weighted by molar-refractivity contribution is 0.261. The van der Waals surface area contributed by atoms with Crippen molar-refractivity contribution in [1.82, 2.24) is 14.9 Å². The molecule has 2 aromatic heterocycles. The summed E-state index contributed by atoms with van der Waals surface area (Å²) in [5.74, 6) is 1.22. The van der Waals surface area contributed by atoms with E-state index < -0.39 is 0 Å². The van der Waals surface area contributed by atoms with E-state index in [9.17, 15) is 10.5 Å². The molecule has 0 saturated heterocycles. The van der Waals surface area contributed by atoms with Crippen LogP contribution < -0.4 is 15.8 Å². The predicted molar refractivity (Wildman–Crippen MR) is 154 cm³/mol. The molecule has 0 spiro atoms. The lowest BCUT2D eigenvalue weighted by Crippen LogP contribution is -2.19. The van der Waals surface area contributed by atoms with Gasteiger partial charge in [0.15, 0.2) is 5.13 Å². The number of aromatic nitrogens is 2. The minimum atomic E-state index is 0.0711. The molecule has 9 nitrogen and oxygen atoms in total. The van der Waals surface area contributed by atoms with Crippen LogP contribution in [0, 0.1) is 34.0 Å². The molecule has 0 unspecified atom stereocenters. The molecule has 39 heavy (non-hydrogen) atoms. The first-order valence-electron chi connectivity index (χ1n) is 11.8. The largest absolute Gasteiger partial charge is 0.492 e. The van der Waals surface area contributed by atoms with E-state index in [1.165, 1.54) is 23.1 Å². The first-order valence-corrected chi connectivity index (χ1v) is 13.6. The average molecular weight is 553 g/mol. The smallest absolute Gasteiger partial charge is 0.187 e. The van der Waals surface area contributed by atoms with Gasteiger partial charge in [-0.15, -0.1) is 11.3 Å². The number of ether oxygens (including phenoxy) is 1. The predicted octanol–water partition coefficient (Wildman–Crippen LogP) is 5.38. The second-order valence-corrected chi connectivity index (χ2v) is 10.4. The first-order chi connectivity index (χ1) is 18.9. The molecule has 0 saturated carbocycles. The molecular formula is C28H24N8OS2. The van der Waals surface area contributed by atoms with Crippen molar-refractivity contribution in [2.75, 3.05) is 38.3 Å². The molecule has 0 amide bonds. The summed E-state index contributed by atoms with van der Waals surface area (Å²) in [5, 5.41) is 35.1. The number of benzene rings is 2. The van der Waals surface area contributed by atoms with Crippen molar-refractivity contribution in [3.8, 4) is 35.1 Å². The number of thioether (sulfide) groups is 1. The summed E-state index contributed by atoms with van der Waals surface area (Å²) >= 11 is 2.79. The number of likely N-dealkylation sites (N-methyl/N-ethyl adjacent to an activating group) is 1. The van der Waals surface area contributed by atoms with Crippen LogP contribution in [0.4, 0.5) is 16.6 Å².